The van der Waals surface area contributed by atoms with E-state index in [4.69, 9.17) is 16.3 Å². The normalized spacial score (nSPS) is 15.0. The molecule has 1 unspecified atom stereocenters. The van der Waals surface area contributed by atoms with Gasteiger partial charge in [0.2, 0.25) is 0 Å². The average Bonchev–Trinajstić information content (AvgIpc) is 3.23. The van der Waals surface area contributed by atoms with E-state index in [0.29, 0.717) is 28.7 Å². The van der Waals surface area contributed by atoms with Crippen LogP contribution in [0.1, 0.15) is 43.5 Å². The molecule has 0 saturated heterocycles. The molecule has 4 aromatic rings. The van der Waals surface area contributed by atoms with Gasteiger partial charge in [0.05, 0.1) is 40.9 Å². The first-order chi connectivity index (χ1) is 17.3. The highest BCUT2D eigenvalue weighted by molar-refractivity contribution is 7.92. The van der Waals surface area contributed by atoms with Crippen molar-refractivity contribution in [2.45, 2.75) is 44.0 Å². The Kier molecular flexibility index (Phi) is 6.53. The summed E-state index contributed by atoms with van der Waals surface area (Å²) in [7, 11) is -4.01. The third kappa shape index (κ3) is 4.27. The van der Waals surface area contributed by atoms with Gasteiger partial charge in [-0.05, 0) is 55.8 Å². The summed E-state index contributed by atoms with van der Waals surface area (Å²) in [5.74, 6) is -0.438. The lowest BCUT2D eigenvalue weighted by atomic mass is 10.1. The van der Waals surface area contributed by atoms with E-state index in [0.717, 1.165) is 29.3 Å². The van der Waals surface area contributed by atoms with Crippen LogP contribution in [0.2, 0.25) is 5.02 Å². The first-order valence-corrected chi connectivity index (χ1v) is 13.8. The number of carbonyl (C=O) groups excluding carboxylic acids is 1. The zero-order chi connectivity index (χ0) is 25.4. The zero-order valence-corrected chi connectivity index (χ0v) is 21.7. The molecule has 1 aliphatic heterocycles. The van der Waals surface area contributed by atoms with E-state index in [9.17, 15) is 13.2 Å². The van der Waals surface area contributed by atoms with Crippen molar-refractivity contribution in [3.8, 4) is 5.69 Å². The molecule has 0 saturated carbocycles. The summed E-state index contributed by atoms with van der Waals surface area (Å²) < 4.78 is 37.1. The lowest BCUT2D eigenvalue weighted by molar-refractivity contribution is -0.144. The number of aromatic nitrogens is 1. The average molecular weight is 523 g/mol. The smallest absolute Gasteiger partial charge is 0.308 e. The summed E-state index contributed by atoms with van der Waals surface area (Å²) in [5.41, 5.74) is 3.70. The third-order valence-corrected chi connectivity index (χ3v) is 8.55. The van der Waals surface area contributed by atoms with Crippen molar-refractivity contribution in [1.82, 2.24) is 4.57 Å². The van der Waals surface area contributed by atoms with Gasteiger partial charge in [-0.15, -0.1) is 0 Å². The summed E-state index contributed by atoms with van der Waals surface area (Å²) in [6.45, 7) is 4.23. The molecular weight excluding hydrogens is 496 g/mol. The van der Waals surface area contributed by atoms with Crippen LogP contribution >= 0.6 is 11.6 Å². The van der Waals surface area contributed by atoms with E-state index in [1.165, 1.54) is 4.31 Å². The number of para-hydroxylation sites is 2. The number of aryl methyl sites for hydroxylation is 1. The number of carbonyl (C=O) groups is 1. The first-order valence-electron chi connectivity index (χ1n) is 12.0. The topological polar surface area (TPSA) is 68.6 Å². The van der Waals surface area contributed by atoms with Crippen LogP contribution in [0.5, 0.6) is 0 Å². The second kappa shape index (κ2) is 9.64. The molecule has 0 bridgehead atoms. The van der Waals surface area contributed by atoms with E-state index in [2.05, 4.69) is 0 Å². The van der Waals surface area contributed by atoms with Gasteiger partial charge >= 0.3 is 5.97 Å². The number of hydrogen-bond acceptors (Lipinski definition) is 4. The molecule has 0 N–H and O–H groups in total. The number of ether oxygens (including phenoxy) is 1. The second-order valence-corrected chi connectivity index (χ2v) is 11.3. The molecule has 8 heteroatoms. The van der Waals surface area contributed by atoms with Crippen molar-refractivity contribution >= 4 is 44.2 Å². The number of sulfonamides is 1. The Balaban J connectivity index is 1.72. The molecule has 5 rings (SSSR count). The van der Waals surface area contributed by atoms with Crippen molar-refractivity contribution in [3.63, 3.8) is 0 Å². The van der Waals surface area contributed by atoms with Crippen LogP contribution in [0.3, 0.4) is 0 Å². The molecule has 1 aromatic heterocycles. The van der Waals surface area contributed by atoms with E-state index >= 15 is 0 Å². The van der Waals surface area contributed by atoms with Gasteiger partial charge in [-0.3, -0.25) is 9.10 Å². The summed E-state index contributed by atoms with van der Waals surface area (Å²) in [5, 5.41) is 1.48. The Morgan fingerprint density at radius 2 is 1.72 bits per heavy atom. The highest BCUT2D eigenvalue weighted by Crippen LogP contribution is 2.46. The van der Waals surface area contributed by atoms with Crippen LogP contribution in [-0.2, 0) is 19.6 Å². The maximum Gasteiger partial charge on any atom is 0.308 e. The van der Waals surface area contributed by atoms with Gasteiger partial charge < -0.3 is 9.30 Å². The summed E-state index contributed by atoms with van der Waals surface area (Å²) >= 11 is 6.34. The van der Waals surface area contributed by atoms with E-state index < -0.39 is 22.0 Å². The van der Waals surface area contributed by atoms with Crippen molar-refractivity contribution < 1.29 is 17.9 Å². The van der Waals surface area contributed by atoms with Gasteiger partial charge in [0.1, 0.15) is 0 Å². The van der Waals surface area contributed by atoms with Crippen LogP contribution in [0.25, 0.3) is 16.6 Å². The number of hydrogen-bond donors (Lipinski definition) is 0. The van der Waals surface area contributed by atoms with Gasteiger partial charge in [0.15, 0.2) is 0 Å². The van der Waals surface area contributed by atoms with Crippen molar-refractivity contribution in [2.75, 3.05) is 10.9 Å². The molecule has 0 spiro atoms. The van der Waals surface area contributed by atoms with Crippen LogP contribution in [0.4, 0.5) is 5.69 Å². The Labute approximate surface area is 216 Å². The monoisotopic (exact) mass is 522 g/mol. The number of anilines is 1. The fourth-order valence-corrected chi connectivity index (χ4v) is 6.50. The van der Waals surface area contributed by atoms with Crippen molar-refractivity contribution in [2.24, 2.45) is 0 Å². The molecule has 0 amide bonds. The van der Waals surface area contributed by atoms with Crippen molar-refractivity contribution in [3.05, 3.63) is 89.1 Å². The SMILES string of the molecule is CCCCOC(=O)CC1c2cc3ccc(Cl)cc3n2-c2ccccc2N1S(=O)(=O)c1ccc(C)cc1. The zero-order valence-electron chi connectivity index (χ0n) is 20.1. The third-order valence-electron chi connectivity index (χ3n) is 6.48. The molecule has 36 heavy (non-hydrogen) atoms. The van der Waals surface area contributed by atoms with Crippen LogP contribution < -0.4 is 4.31 Å². The minimum Gasteiger partial charge on any atom is -0.466 e. The lowest BCUT2D eigenvalue weighted by Crippen LogP contribution is -2.40. The molecular formula is C28H27ClN2O4S. The predicted molar refractivity (Wildman–Crippen MR) is 142 cm³/mol. The Bertz CT molecular complexity index is 1540. The highest BCUT2D eigenvalue weighted by Gasteiger charge is 2.41. The highest BCUT2D eigenvalue weighted by atomic mass is 35.5. The van der Waals surface area contributed by atoms with E-state index in [1.54, 1.807) is 42.5 Å². The van der Waals surface area contributed by atoms with E-state index in [1.807, 2.05) is 48.7 Å². The Hall–Kier alpha value is -3.29. The van der Waals surface area contributed by atoms with Gasteiger partial charge in [0.25, 0.3) is 10.0 Å². The first kappa shape index (κ1) is 24.4. The maximum absolute atomic E-state index is 14.1. The largest absolute Gasteiger partial charge is 0.466 e. The molecule has 2 heterocycles. The van der Waals surface area contributed by atoms with Crippen LogP contribution in [0.15, 0.2) is 77.7 Å². The summed E-state index contributed by atoms with van der Waals surface area (Å²) in [6, 6.07) is 20.8. The summed E-state index contributed by atoms with van der Waals surface area (Å²) in [4.78, 5) is 13.1. The minimum atomic E-state index is -4.01. The van der Waals surface area contributed by atoms with Gasteiger partial charge in [0, 0.05) is 16.1 Å². The second-order valence-electron chi connectivity index (χ2n) is 9.00. The van der Waals surface area contributed by atoms with Crippen LogP contribution in [0, 0.1) is 6.92 Å². The van der Waals surface area contributed by atoms with Crippen LogP contribution in [-0.4, -0.2) is 25.6 Å². The Morgan fingerprint density at radius 1 is 1.00 bits per heavy atom. The standard InChI is InChI=1S/C28H27ClN2O4S/c1-3-4-15-35-28(32)18-27-26-16-20-11-12-21(29)17-25(20)30(26)23-7-5-6-8-24(23)31(27)36(33,34)22-13-9-19(2)10-14-22/h5-14,16-17,27H,3-4,15,18H2,1-2H3. The molecule has 6 nitrogen and oxygen atoms in total. The summed E-state index contributed by atoms with van der Waals surface area (Å²) in [6.07, 6.45) is 1.53. The molecule has 0 aliphatic carbocycles. The fraction of sp³-hybridized carbons (Fsp3) is 0.250. The van der Waals surface area contributed by atoms with Gasteiger partial charge in [-0.2, -0.15) is 0 Å². The molecule has 1 atom stereocenters. The quantitative estimate of drug-likeness (QED) is 0.203. The molecule has 186 valence electrons. The lowest BCUT2D eigenvalue weighted by Gasteiger charge is -2.38. The van der Waals surface area contributed by atoms with E-state index in [-0.39, 0.29) is 11.3 Å². The molecule has 3 aromatic carbocycles. The van der Waals surface area contributed by atoms with Gasteiger partial charge in [-0.1, -0.05) is 60.8 Å². The number of halogens is 1. The number of nitrogens with zero attached hydrogens (tertiary/aromatic N) is 2. The maximum atomic E-state index is 14.1. The molecule has 1 aliphatic rings. The number of rotatable bonds is 7. The number of unbranched alkanes of at least 4 members (excludes halogenated alkanes) is 1. The fourth-order valence-electron chi connectivity index (χ4n) is 4.69. The minimum absolute atomic E-state index is 0.118. The molecule has 0 radical (unpaired) electrons. The van der Waals surface area contributed by atoms with Gasteiger partial charge in [-0.25, -0.2) is 8.42 Å². The number of fused-ring (bicyclic) bond motifs is 5. The molecule has 0 fully saturated rings. The predicted octanol–water partition coefficient (Wildman–Crippen LogP) is 6.58. The van der Waals surface area contributed by atoms with Crippen molar-refractivity contribution in [1.29, 1.82) is 0 Å². The number of benzene rings is 3. The number of esters is 1. The Morgan fingerprint density at radius 3 is 2.44 bits per heavy atom.